The van der Waals surface area contributed by atoms with E-state index >= 15 is 0 Å². The number of aryl methyl sites for hydroxylation is 2. The third-order valence-corrected chi connectivity index (χ3v) is 5.28. The Balaban J connectivity index is 1.71. The maximum absolute atomic E-state index is 13.8. The van der Waals surface area contributed by atoms with E-state index in [2.05, 4.69) is 15.3 Å². The Morgan fingerprint density at radius 1 is 1.23 bits per heavy atom. The van der Waals surface area contributed by atoms with Gasteiger partial charge in [-0.05, 0) is 31.2 Å². The Morgan fingerprint density at radius 2 is 2.04 bits per heavy atom. The lowest BCUT2D eigenvalue weighted by Gasteiger charge is -2.04. The third kappa shape index (κ3) is 2.76. The summed E-state index contributed by atoms with van der Waals surface area (Å²) in [5.74, 6) is -0.835. The number of benzene rings is 1. The molecule has 26 heavy (non-hydrogen) atoms. The van der Waals surface area contributed by atoms with E-state index in [1.165, 1.54) is 23.5 Å². The van der Waals surface area contributed by atoms with Gasteiger partial charge in [-0.3, -0.25) is 4.79 Å². The van der Waals surface area contributed by atoms with Crippen molar-refractivity contribution >= 4 is 34.0 Å². The molecule has 4 aromatic rings. The number of aromatic nitrogens is 3. The van der Waals surface area contributed by atoms with E-state index < -0.39 is 5.82 Å². The maximum atomic E-state index is 13.8. The molecule has 0 aliphatic carbocycles. The van der Waals surface area contributed by atoms with Crippen LogP contribution in [-0.4, -0.2) is 20.4 Å². The first-order chi connectivity index (χ1) is 12.5. The molecule has 3 heterocycles. The van der Waals surface area contributed by atoms with Crippen LogP contribution in [-0.2, 0) is 7.05 Å². The number of thiazole rings is 1. The molecule has 0 saturated heterocycles. The van der Waals surface area contributed by atoms with Crippen LogP contribution in [0.25, 0.3) is 21.6 Å². The highest BCUT2D eigenvalue weighted by atomic mass is 32.1. The summed E-state index contributed by atoms with van der Waals surface area (Å²) in [4.78, 5) is 22.0. The summed E-state index contributed by atoms with van der Waals surface area (Å²) in [6.07, 6.45) is 3.70. The predicted molar refractivity (Wildman–Crippen MR) is 101 cm³/mol. The van der Waals surface area contributed by atoms with Gasteiger partial charge < -0.3 is 9.88 Å². The monoisotopic (exact) mass is 366 g/mol. The molecule has 7 heteroatoms. The second-order valence-electron chi connectivity index (χ2n) is 5.90. The highest BCUT2D eigenvalue weighted by Gasteiger charge is 2.19. The summed E-state index contributed by atoms with van der Waals surface area (Å²) in [5.41, 5.74) is 2.54. The third-order valence-electron chi connectivity index (χ3n) is 4.09. The zero-order valence-electron chi connectivity index (χ0n) is 14.2. The number of hydrogen-bond donors (Lipinski definition) is 1. The lowest BCUT2D eigenvalue weighted by molar-refractivity contribution is 0.102. The van der Waals surface area contributed by atoms with Crippen molar-refractivity contribution in [3.05, 3.63) is 65.2 Å². The predicted octanol–water partition coefficient (Wildman–Crippen LogP) is 4.40. The topological polar surface area (TPSA) is 59.8 Å². The first-order valence-corrected chi connectivity index (χ1v) is 8.80. The summed E-state index contributed by atoms with van der Waals surface area (Å²) in [6, 6.07) is 9.94. The minimum Gasteiger partial charge on any atom is -0.335 e. The van der Waals surface area contributed by atoms with Gasteiger partial charge in [0.2, 0.25) is 0 Å². The number of nitrogens with one attached hydrogen (secondary N) is 1. The molecule has 1 amide bonds. The highest BCUT2D eigenvalue weighted by Crippen LogP contribution is 2.34. The van der Waals surface area contributed by atoms with Gasteiger partial charge in [-0.1, -0.05) is 12.1 Å². The summed E-state index contributed by atoms with van der Waals surface area (Å²) in [6.45, 7) is 1.78. The molecule has 1 aromatic carbocycles. The first kappa shape index (κ1) is 16.4. The number of anilines is 1. The zero-order chi connectivity index (χ0) is 18.3. The van der Waals surface area contributed by atoms with Crippen molar-refractivity contribution in [3.8, 4) is 10.6 Å². The minimum absolute atomic E-state index is 0.154. The molecule has 4 rings (SSSR count). The van der Waals surface area contributed by atoms with E-state index in [0.717, 1.165) is 21.6 Å². The van der Waals surface area contributed by atoms with Gasteiger partial charge in [0.05, 0.1) is 11.4 Å². The van der Waals surface area contributed by atoms with Gasteiger partial charge >= 0.3 is 0 Å². The molecule has 0 fully saturated rings. The average molecular weight is 366 g/mol. The van der Waals surface area contributed by atoms with Gasteiger partial charge in [0.25, 0.3) is 5.91 Å². The summed E-state index contributed by atoms with van der Waals surface area (Å²) >= 11 is 1.29. The van der Waals surface area contributed by atoms with Gasteiger partial charge in [-0.25, -0.2) is 14.4 Å². The van der Waals surface area contributed by atoms with E-state index in [1.807, 2.05) is 29.9 Å². The van der Waals surface area contributed by atoms with E-state index in [4.69, 9.17) is 0 Å². The summed E-state index contributed by atoms with van der Waals surface area (Å²) in [7, 11) is 1.92. The molecule has 130 valence electrons. The van der Waals surface area contributed by atoms with Crippen molar-refractivity contribution in [2.24, 2.45) is 7.05 Å². The number of amides is 1. The molecule has 0 spiro atoms. The minimum atomic E-state index is -0.469. The number of hydrogen-bond acceptors (Lipinski definition) is 4. The molecule has 3 aromatic heterocycles. The molecule has 0 aliphatic rings. The molecule has 0 aliphatic heterocycles. The number of carbonyl (C=O) groups excluding carboxylic acids is 1. The van der Waals surface area contributed by atoms with Crippen molar-refractivity contribution < 1.29 is 9.18 Å². The lowest BCUT2D eigenvalue weighted by atomic mass is 10.2. The Hall–Kier alpha value is -3.06. The Kier molecular flexibility index (Phi) is 4.00. The van der Waals surface area contributed by atoms with Crippen LogP contribution in [0.5, 0.6) is 0 Å². The SMILES string of the molecule is Cc1nc(-c2cn(C)c3ncccc23)sc1C(=O)Nc1ccccc1F. The summed E-state index contributed by atoms with van der Waals surface area (Å²) < 4.78 is 15.7. The molecule has 0 radical (unpaired) electrons. The van der Waals surface area contributed by atoms with Crippen LogP contribution in [0.3, 0.4) is 0 Å². The molecular formula is C19H15FN4OS. The number of nitrogens with zero attached hydrogens (tertiary/aromatic N) is 3. The number of carbonyl (C=O) groups is 1. The van der Waals surface area contributed by atoms with Crippen LogP contribution >= 0.6 is 11.3 Å². The number of halogens is 1. The fourth-order valence-corrected chi connectivity index (χ4v) is 3.83. The van der Waals surface area contributed by atoms with E-state index in [9.17, 15) is 9.18 Å². The van der Waals surface area contributed by atoms with Crippen LogP contribution in [0.15, 0.2) is 48.8 Å². The van der Waals surface area contributed by atoms with Gasteiger partial charge in [0.15, 0.2) is 0 Å². The first-order valence-electron chi connectivity index (χ1n) is 7.98. The standard InChI is InChI=1S/C19H15FN4OS/c1-11-16(18(25)23-15-8-4-3-7-14(15)20)26-19(22-11)13-10-24(2)17-12(13)6-5-9-21-17/h3-10H,1-2H3,(H,23,25). The van der Waals surface area contributed by atoms with Crippen molar-refractivity contribution in [2.75, 3.05) is 5.32 Å². The average Bonchev–Trinajstić information content (AvgIpc) is 3.18. The quantitative estimate of drug-likeness (QED) is 0.585. The number of fused-ring (bicyclic) bond motifs is 1. The maximum Gasteiger partial charge on any atom is 0.267 e. The van der Waals surface area contributed by atoms with Crippen molar-refractivity contribution in [2.45, 2.75) is 6.92 Å². The Bertz CT molecular complexity index is 1130. The molecule has 0 bridgehead atoms. The molecule has 0 atom stereocenters. The van der Waals surface area contributed by atoms with E-state index in [1.54, 1.807) is 25.3 Å². The van der Waals surface area contributed by atoms with E-state index in [0.29, 0.717) is 10.6 Å². The second kappa shape index (κ2) is 6.34. The van der Waals surface area contributed by atoms with Crippen LogP contribution in [0, 0.1) is 12.7 Å². The zero-order valence-corrected chi connectivity index (χ0v) is 15.0. The van der Waals surface area contributed by atoms with Gasteiger partial charge in [-0.2, -0.15) is 0 Å². The van der Waals surface area contributed by atoms with Crippen LogP contribution in [0.2, 0.25) is 0 Å². The fraction of sp³-hybridized carbons (Fsp3) is 0.105. The lowest BCUT2D eigenvalue weighted by Crippen LogP contribution is -2.12. The molecule has 0 saturated carbocycles. The van der Waals surface area contributed by atoms with Crippen molar-refractivity contribution in [3.63, 3.8) is 0 Å². The fourth-order valence-electron chi connectivity index (χ4n) is 2.85. The highest BCUT2D eigenvalue weighted by molar-refractivity contribution is 7.17. The van der Waals surface area contributed by atoms with Crippen LogP contribution < -0.4 is 5.32 Å². The summed E-state index contributed by atoms with van der Waals surface area (Å²) in [5, 5.41) is 4.33. The van der Waals surface area contributed by atoms with Crippen molar-refractivity contribution in [1.29, 1.82) is 0 Å². The van der Waals surface area contributed by atoms with Crippen LogP contribution in [0.4, 0.5) is 10.1 Å². The number of pyridine rings is 1. The smallest absolute Gasteiger partial charge is 0.267 e. The molecule has 1 N–H and O–H groups in total. The Labute approximate surface area is 153 Å². The Morgan fingerprint density at radius 3 is 2.85 bits per heavy atom. The normalized spacial score (nSPS) is 11.0. The van der Waals surface area contributed by atoms with E-state index in [-0.39, 0.29) is 11.6 Å². The number of rotatable bonds is 3. The van der Waals surface area contributed by atoms with Gasteiger partial charge in [0, 0.05) is 30.4 Å². The van der Waals surface area contributed by atoms with Crippen LogP contribution in [0.1, 0.15) is 15.4 Å². The molecular weight excluding hydrogens is 351 g/mol. The second-order valence-corrected chi connectivity index (χ2v) is 6.89. The molecule has 5 nitrogen and oxygen atoms in total. The van der Waals surface area contributed by atoms with Crippen molar-refractivity contribution in [1.82, 2.24) is 14.5 Å². The molecule has 0 unspecified atom stereocenters. The van der Waals surface area contributed by atoms with Gasteiger partial charge in [0.1, 0.15) is 21.3 Å². The number of para-hydroxylation sites is 1. The van der Waals surface area contributed by atoms with Gasteiger partial charge in [-0.15, -0.1) is 11.3 Å². The largest absolute Gasteiger partial charge is 0.335 e.